The van der Waals surface area contributed by atoms with Crippen molar-refractivity contribution in [2.24, 2.45) is 5.73 Å². The van der Waals surface area contributed by atoms with E-state index in [1.807, 2.05) is 0 Å². The van der Waals surface area contributed by atoms with Gasteiger partial charge in [-0.1, -0.05) is 0 Å². The summed E-state index contributed by atoms with van der Waals surface area (Å²) in [6.45, 7) is 1.72. The van der Waals surface area contributed by atoms with Crippen LogP contribution in [0.2, 0.25) is 0 Å². The van der Waals surface area contributed by atoms with Crippen LogP contribution in [0.1, 0.15) is 34.5 Å². The third-order valence-corrected chi connectivity index (χ3v) is 4.13. The van der Waals surface area contributed by atoms with E-state index >= 15 is 0 Å². The number of hydrogen-bond donors (Lipinski definition) is 2. The number of aromatic nitrogens is 2. The predicted molar refractivity (Wildman–Crippen MR) is 105 cm³/mol. The molecule has 154 valence electrons. The van der Waals surface area contributed by atoms with Gasteiger partial charge in [0.2, 0.25) is 0 Å². The molecule has 11 heteroatoms. The summed E-state index contributed by atoms with van der Waals surface area (Å²) < 4.78 is 38.9. The second-order valence-corrected chi connectivity index (χ2v) is 6.05. The second kappa shape index (κ2) is 9.90. The molecule has 1 amide bonds. The monoisotopic (exact) mass is 437 g/mol. The molecule has 0 spiro atoms. The van der Waals surface area contributed by atoms with Crippen molar-refractivity contribution < 1.29 is 18.0 Å². The van der Waals surface area contributed by atoms with Gasteiger partial charge < -0.3 is 16.0 Å². The number of carbonyl (C=O) groups is 1. The smallest absolute Gasteiger partial charge is 0.355 e. The summed E-state index contributed by atoms with van der Waals surface area (Å²) in [6, 6.07) is 6.42. The number of nitrogens with two attached hydrogens (primary N) is 1. The molecule has 1 fully saturated rings. The standard InChI is InChI=1S/C17H18F3N5O.2ClH/c18-17(19,20)12-7-11(10-21)8-13(9-12)22-16(26)14-3-4-15(24-23-14)25-5-1-2-6-25;;/h3-4,7-9H,1-2,5-6,10,21H2,(H,22,26);2*1H. The average Bonchev–Trinajstić information content (AvgIpc) is 3.15. The van der Waals surface area contributed by atoms with Crippen LogP contribution >= 0.6 is 24.8 Å². The summed E-state index contributed by atoms with van der Waals surface area (Å²) in [5.74, 6) is 0.0521. The van der Waals surface area contributed by atoms with Crippen molar-refractivity contribution in [3.05, 3.63) is 47.2 Å². The number of halogens is 5. The Labute approximate surface area is 172 Å². The van der Waals surface area contributed by atoms with Crippen molar-refractivity contribution >= 4 is 42.2 Å². The lowest BCUT2D eigenvalue weighted by atomic mass is 10.1. The molecule has 3 rings (SSSR count). The van der Waals surface area contributed by atoms with E-state index in [1.54, 1.807) is 6.07 Å². The Morgan fingerprint density at radius 3 is 2.32 bits per heavy atom. The number of nitrogens with zero attached hydrogens (tertiary/aromatic N) is 3. The average molecular weight is 438 g/mol. The zero-order valence-corrected chi connectivity index (χ0v) is 16.3. The summed E-state index contributed by atoms with van der Waals surface area (Å²) in [6.07, 6.45) is -2.35. The normalized spacial score (nSPS) is 13.5. The minimum absolute atomic E-state index is 0. The Hall–Kier alpha value is -2.10. The Balaban J connectivity index is 0.00000196. The lowest BCUT2D eigenvalue weighted by Crippen LogP contribution is -2.21. The fraction of sp³-hybridized carbons (Fsp3) is 0.353. The van der Waals surface area contributed by atoms with Crippen molar-refractivity contribution in [3.8, 4) is 0 Å². The van der Waals surface area contributed by atoms with Crippen LogP contribution in [0.15, 0.2) is 30.3 Å². The molecule has 1 aromatic heterocycles. The largest absolute Gasteiger partial charge is 0.416 e. The van der Waals surface area contributed by atoms with Crippen molar-refractivity contribution in [2.45, 2.75) is 25.6 Å². The molecule has 6 nitrogen and oxygen atoms in total. The molecule has 2 heterocycles. The van der Waals surface area contributed by atoms with E-state index in [0.29, 0.717) is 5.82 Å². The zero-order valence-electron chi connectivity index (χ0n) is 14.7. The number of carbonyl (C=O) groups excluding carboxylic acids is 1. The fourth-order valence-electron chi connectivity index (χ4n) is 2.80. The number of nitrogens with one attached hydrogen (secondary N) is 1. The molecule has 1 saturated heterocycles. The van der Waals surface area contributed by atoms with E-state index in [9.17, 15) is 18.0 Å². The van der Waals surface area contributed by atoms with E-state index in [-0.39, 0.29) is 48.3 Å². The molecule has 0 unspecified atom stereocenters. The van der Waals surface area contributed by atoms with E-state index in [0.717, 1.165) is 38.1 Å². The topological polar surface area (TPSA) is 84.1 Å². The van der Waals surface area contributed by atoms with E-state index in [2.05, 4.69) is 20.4 Å². The molecule has 0 radical (unpaired) electrons. The van der Waals surface area contributed by atoms with Gasteiger partial charge in [-0.15, -0.1) is 35.0 Å². The number of alkyl halides is 3. The summed E-state index contributed by atoms with van der Waals surface area (Å²) in [7, 11) is 0. The summed E-state index contributed by atoms with van der Waals surface area (Å²) in [5.41, 5.74) is 4.88. The van der Waals surface area contributed by atoms with E-state index in [1.165, 1.54) is 12.1 Å². The molecule has 3 N–H and O–H groups in total. The van der Waals surface area contributed by atoms with Gasteiger partial charge in [0.25, 0.3) is 5.91 Å². The minimum Gasteiger partial charge on any atom is -0.355 e. The Bertz CT molecular complexity index is 796. The first-order valence-electron chi connectivity index (χ1n) is 8.18. The lowest BCUT2D eigenvalue weighted by Gasteiger charge is -2.15. The third-order valence-electron chi connectivity index (χ3n) is 4.13. The third kappa shape index (κ3) is 5.70. The van der Waals surface area contributed by atoms with Crippen LogP contribution in [0.3, 0.4) is 0 Å². The minimum atomic E-state index is -4.53. The number of rotatable bonds is 4. The van der Waals surface area contributed by atoms with Crippen LogP contribution in [0.5, 0.6) is 0 Å². The Kier molecular flexibility index (Phi) is 8.47. The molecule has 1 aliphatic rings. The SMILES string of the molecule is Cl.Cl.NCc1cc(NC(=O)c2ccc(N3CCCC3)nn2)cc(C(F)(F)F)c1. The molecule has 1 aliphatic heterocycles. The maximum atomic E-state index is 13.0. The first-order valence-corrected chi connectivity index (χ1v) is 8.18. The summed E-state index contributed by atoms with van der Waals surface area (Å²) >= 11 is 0. The van der Waals surface area contributed by atoms with Gasteiger partial charge in [-0.2, -0.15) is 13.2 Å². The van der Waals surface area contributed by atoms with E-state index < -0.39 is 17.6 Å². The molecule has 28 heavy (non-hydrogen) atoms. The van der Waals surface area contributed by atoms with Crippen molar-refractivity contribution in [2.75, 3.05) is 23.3 Å². The maximum Gasteiger partial charge on any atom is 0.416 e. The van der Waals surface area contributed by atoms with Crippen LogP contribution in [0, 0.1) is 0 Å². The van der Waals surface area contributed by atoms with Gasteiger partial charge in [0.1, 0.15) is 0 Å². The van der Waals surface area contributed by atoms with Gasteiger partial charge in [0.15, 0.2) is 11.5 Å². The predicted octanol–water partition coefficient (Wildman–Crippen LogP) is 3.65. The quantitative estimate of drug-likeness (QED) is 0.762. The highest BCUT2D eigenvalue weighted by Gasteiger charge is 2.31. The highest BCUT2D eigenvalue weighted by atomic mass is 35.5. The first-order chi connectivity index (χ1) is 12.4. The van der Waals surface area contributed by atoms with Gasteiger partial charge in [-0.05, 0) is 48.7 Å². The molecule has 0 aliphatic carbocycles. The molecule has 1 aromatic carbocycles. The molecule has 0 atom stereocenters. The summed E-state index contributed by atoms with van der Waals surface area (Å²) in [4.78, 5) is 14.3. The van der Waals surface area contributed by atoms with Gasteiger partial charge in [0, 0.05) is 25.3 Å². The van der Waals surface area contributed by atoms with Gasteiger partial charge >= 0.3 is 6.18 Å². The van der Waals surface area contributed by atoms with Crippen molar-refractivity contribution in [1.29, 1.82) is 0 Å². The van der Waals surface area contributed by atoms with Crippen molar-refractivity contribution in [1.82, 2.24) is 10.2 Å². The summed E-state index contributed by atoms with van der Waals surface area (Å²) in [5, 5.41) is 10.3. The van der Waals surface area contributed by atoms with Gasteiger partial charge in [-0.25, -0.2) is 0 Å². The zero-order chi connectivity index (χ0) is 18.7. The number of amides is 1. The van der Waals surface area contributed by atoms with Crippen LogP contribution in [-0.4, -0.2) is 29.2 Å². The van der Waals surface area contributed by atoms with Crippen LogP contribution < -0.4 is 16.0 Å². The van der Waals surface area contributed by atoms with Crippen LogP contribution in [0.25, 0.3) is 0 Å². The molecule has 0 saturated carbocycles. The molecule has 0 bridgehead atoms. The number of hydrogen-bond acceptors (Lipinski definition) is 5. The molecular weight excluding hydrogens is 418 g/mol. The van der Waals surface area contributed by atoms with Gasteiger partial charge in [0.05, 0.1) is 5.56 Å². The second-order valence-electron chi connectivity index (χ2n) is 6.05. The Morgan fingerprint density at radius 1 is 1.11 bits per heavy atom. The number of anilines is 2. The maximum absolute atomic E-state index is 13.0. The highest BCUT2D eigenvalue weighted by Crippen LogP contribution is 2.32. The molecule has 2 aromatic rings. The number of benzene rings is 1. The lowest BCUT2D eigenvalue weighted by molar-refractivity contribution is -0.137. The van der Waals surface area contributed by atoms with E-state index in [4.69, 9.17) is 5.73 Å². The highest BCUT2D eigenvalue weighted by molar-refractivity contribution is 6.02. The van der Waals surface area contributed by atoms with Crippen LogP contribution in [0.4, 0.5) is 24.7 Å². The van der Waals surface area contributed by atoms with Crippen molar-refractivity contribution in [3.63, 3.8) is 0 Å². The van der Waals surface area contributed by atoms with Gasteiger partial charge in [-0.3, -0.25) is 4.79 Å². The van der Waals surface area contributed by atoms with Crippen LogP contribution in [-0.2, 0) is 12.7 Å². The fourth-order valence-corrected chi connectivity index (χ4v) is 2.80. The first kappa shape index (κ1) is 23.9. The Morgan fingerprint density at radius 2 is 1.79 bits per heavy atom. The molecular formula is C17H20Cl2F3N5O.